The van der Waals surface area contributed by atoms with Crippen LogP contribution < -0.4 is 0 Å². The van der Waals surface area contributed by atoms with Gasteiger partial charge in [-0.05, 0) is 61.1 Å². The third kappa shape index (κ3) is 4.70. The minimum atomic E-state index is 0.154. The average Bonchev–Trinajstić information content (AvgIpc) is 3.16. The molecule has 6 heteroatoms. The number of fused-ring (bicyclic) bond motifs is 1. The summed E-state index contributed by atoms with van der Waals surface area (Å²) in [5, 5.41) is 2.04. The van der Waals surface area contributed by atoms with E-state index in [0.717, 1.165) is 57.1 Å². The number of ether oxygens (including phenoxy) is 1. The molecule has 3 aromatic rings. The normalized spacial score (nSPS) is 18.3. The lowest BCUT2D eigenvalue weighted by Gasteiger charge is -2.35. The van der Waals surface area contributed by atoms with E-state index in [2.05, 4.69) is 45.9 Å². The number of hydrogen-bond acceptors (Lipinski definition) is 3. The van der Waals surface area contributed by atoms with Gasteiger partial charge in [-0.25, -0.2) is 0 Å². The smallest absolute Gasteiger partial charge is 0.225 e. The maximum Gasteiger partial charge on any atom is 0.225 e. The standard InChI is InChI=1S/C26H30ClN3O2/c27-23-6-3-4-20(16-23)18-30-24(17-22-5-1-2-7-25(22)30)19-28-10-8-21(9-11-28)26(31)29-12-14-32-15-13-29/h1-7,16-17,21H,8-15,18-19H2. The average molecular weight is 452 g/mol. The van der Waals surface area contributed by atoms with Gasteiger partial charge in [0.05, 0.1) is 13.2 Å². The zero-order chi connectivity index (χ0) is 21.9. The van der Waals surface area contributed by atoms with Crippen LogP contribution in [0.25, 0.3) is 10.9 Å². The summed E-state index contributed by atoms with van der Waals surface area (Å²) >= 11 is 6.24. The van der Waals surface area contributed by atoms with Crippen LogP contribution in [0.1, 0.15) is 24.1 Å². The van der Waals surface area contributed by atoms with Gasteiger partial charge < -0.3 is 14.2 Å². The van der Waals surface area contributed by atoms with E-state index in [9.17, 15) is 4.79 Å². The minimum absolute atomic E-state index is 0.154. The van der Waals surface area contributed by atoms with Crippen LogP contribution >= 0.6 is 11.6 Å². The van der Waals surface area contributed by atoms with Crippen molar-refractivity contribution in [2.75, 3.05) is 39.4 Å². The number of nitrogens with zero attached hydrogens (tertiary/aromatic N) is 3. The van der Waals surface area contributed by atoms with Crippen molar-refractivity contribution in [3.63, 3.8) is 0 Å². The Labute approximate surface area is 194 Å². The van der Waals surface area contributed by atoms with Crippen molar-refractivity contribution in [2.45, 2.75) is 25.9 Å². The van der Waals surface area contributed by atoms with Gasteiger partial charge in [0.25, 0.3) is 0 Å². The molecule has 0 bridgehead atoms. The molecule has 2 saturated heterocycles. The van der Waals surface area contributed by atoms with E-state index in [1.807, 2.05) is 23.1 Å². The zero-order valence-corrected chi connectivity index (χ0v) is 19.1. The van der Waals surface area contributed by atoms with Crippen LogP contribution in [0.3, 0.4) is 0 Å². The van der Waals surface area contributed by atoms with Gasteiger partial charge in [-0.1, -0.05) is 41.9 Å². The van der Waals surface area contributed by atoms with Crippen LogP contribution in [0.5, 0.6) is 0 Å². The first-order chi connectivity index (χ1) is 15.7. The molecule has 0 unspecified atom stereocenters. The largest absolute Gasteiger partial charge is 0.378 e. The summed E-state index contributed by atoms with van der Waals surface area (Å²) in [4.78, 5) is 17.3. The Kier molecular flexibility index (Phi) is 6.49. The van der Waals surface area contributed by atoms with Crippen molar-refractivity contribution >= 4 is 28.4 Å². The van der Waals surface area contributed by atoms with Crippen molar-refractivity contribution in [2.24, 2.45) is 5.92 Å². The van der Waals surface area contributed by atoms with Crippen LogP contribution in [-0.2, 0) is 22.6 Å². The number of hydrogen-bond donors (Lipinski definition) is 0. The van der Waals surface area contributed by atoms with Gasteiger partial charge in [0.1, 0.15) is 0 Å². The summed E-state index contributed by atoms with van der Waals surface area (Å²) in [5.41, 5.74) is 3.76. The summed E-state index contributed by atoms with van der Waals surface area (Å²) < 4.78 is 7.80. The summed E-state index contributed by atoms with van der Waals surface area (Å²) in [6.07, 6.45) is 1.87. The van der Waals surface area contributed by atoms with Gasteiger partial charge in [0.2, 0.25) is 5.91 Å². The summed E-state index contributed by atoms with van der Waals surface area (Å²) in [6.45, 7) is 6.43. The number of para-hydroxylation sites is 1. The highest BCUT2D eigenvalue weighted by atomic mass is 35.5. The fourth-order valence-corrected chi connectivity index (χ4v) is 5.23. The number of morpholine rings is 1. The number of halogens is 1. The fourth-order valence-electron chi connectivity index (χ4n) is 5.01. The molecule has 168 valence electrons. The van der Waals surface area contributed by atoms with E-state index in [4.69, 9.17) is 16.3 Å². The van der Waals surface area contributed by atoms with Crippen molar-refractivity contribution in [3.05, 3.63) is 70.9 Å². The molecule has 0 N–H and O–H groups in total. The maximum absolute atomic E-state index is 12.9. The molecule has 5 rings (SSSR count). The highest BCUT2D eigenvalue weighted by Crippen LogP contribution is 2.26. The lowest BCUT2D eigenvalue weighted by atomic mass is 9.95. The van der Waals surface area contributed by atoms with Gasteiger partial charge in [-0.2, -0.15) is 0 Å². The van der Waals surface area contributed by atoms with Gasteiger partial charge in [0, 0.05) is 48.3 Å². The molecule has 0 spiro atoms. The predicted molar refractivity (Wildman–Crippen MR) is 128 cm³/mol. The molecule has 0 atom stereocenters. The van der Waals surface area contributed by atoms with Crippen molar-refractivity contribution in [1.82, 2.24) is 14.4 Å². The number of amides is 1. The molecule has 1 aromatic heterocycles. The topological polar surface area (TPSA) is 37.7 Å². The quantitative estimate of drug-likeness (QED) is 0.576. The zero-order valence-electron chi connectivity index (χ0n) is 18.4. The van der Waals surface area contributed by atoms with Gasteiger partial charge in [-0.15, -0.1) is 0 Å². The maximum atomic E-state index is 12.9. The number of carbonyl (C=O) groups is 1. The third-order valence-corrected chi connectivity index (χ3v) is 7.01. The molecular formula is C26H30ClN3O2. The number of benzene rings is 2. The molecule has 2 fully saturated rings. The first-order valence-electron chi connectivity index (χ1n) is 11.6. The second-order valence-electron chi connectivity index (χ2n) is 8.90. The molecule has 32 heavy (non-hydrogen) atoms. The Balaban J connectivity index is 1.29. The summed E-state index contributed by atoms with van der Waals surface area (Å²) in [6, 6.07) is 19.0. The van der Waals surface area contributed by atoms with E-state index < -0.39 is 0 Å². The Bertz CT molecular complexity index is 1080. The van der Waals surface area contributed by atoms with Crippen LogP contribution in [0.15, 0.2) is 54.6 Å². The summed E-state index contributed by atoms with van der Waals surface area (Å²) in [5.74, 6) is 0.477. The van der Waals surface area contributed by atoms with E-state index in [-0.39, 0.29) is 5.92 Å². The Hall–Kier alpha value is -2.34. The van der Waals surface area contributed by atoms with Gasteiger partial charge >= 0.3 is 0 Å². The third-order valence-electron chi connectivity index (χ3n) is 6.77. The number of rotatable bonds is 5. The number of aromatic nitrogens is 1. The Morgan fingerprint density at radius 2 is 1.72 bits per heavy atom. The molecule has 1 amide bonds. The minimum Gasteiger partial charge on any atom is -0.378 e. The van der Waals surface area contributed by atoms with Crippen LogP contribution in [0.4, 0.5) is 0 Å². The van der Waals surface area contributed by atoms with E-state index in [1.54, 1.807) is 0 Å². The van der Waals surface area contributed by atoms with Crippen molar-refractivity contribution in [3.8, 4) is 0 Å². The lowest BCUT2D eigenvalue weighted by molar-refractivity contribution is -0.141. The first-order valence-corrected chi connectivity index (χ1v) is 12.0. The highest BCUT2D eigenvalue weighted by molar-refractivity contribution is 6.30. The molecule has 2 aliphatic rings. The number of likely N-dealkylation sites (tertiary alicyclic amines) is 1. The fraction of sp³-hybridized carbons (Fsp3) is 0.423. The lowest BCUT2D eigenvalue weighted by Crippen LogP contribution is -2.46. The highest BCUT2D eigenvalue weighted by Gasteiger charge is 2.29. The Morgan fingerprint density at radius 1 is 0.938 bits per heavy atom. The van der Waals surface area contributed by atoms with E-state index in [1.165, 1.54) is 22.2 Å². The molecule has 0 radical (unpaired) electrons. The monoisotopic (exact) mass is 451 g/mol. The van der Waals surface area contributed by atoms with E-state index >= 15 is 0 Å². The van der Waals surface area contributed by atoms with Crippen molar-refractivity contribution < 1.29 is 9.53 Å². The molecular weight excluding hydrogens is 422 g/mol. The Morgan fingerprint density at radius 3 is 2.50 bits per heavy atom. The summed E-state index contributed by atoms with van der Waals surface area (Å²) in [7, 11) is 0. The molecule has 2 aromatic carbocycles. The molecule has 0 saturated carbocycles. The molecule has 2 aliphatic heterocycles. The van der Waals surface area contributed by atoms with E-state index in [0.29, 0.717) is 19.1 Å². The molecule has 3 heterocycles. The second-order valence-corrected chi connectivity index (χ2v) is 9.34. The van der Waals surface area contributed by atoms with Crippen molar-refractivity contribution in [1.29, 1.82) is 0 Å². The van der Waals surface area contributed by atoms with Gasteiger partial charge in [0.15, 0.2) is 0 Å². The number of piperidine rings is 1. The van der Waals surface area contributed by atoms with Crippen LogP contribution in [-0.4, -0.2) is 59.7 Å². The molecule has 5 nitrogen and oxygen atoms in total. The first kappa shape index (κ1) is 21.5. The van der Waals surface area contributed by atoms with Crippen LogP contribution in [0.2, 0.25) is 5.02 Å². The number of carbonyl (C=O) groups excluding carboxylic acids is 1. The van der Waals surface area contributed by atoms with Gasteiger partial charge in [-0.3, -0.25) is 9.69 Å². The van der Waals surface area contributed by atoms with Crippen LogP contribution in [0, 0.1) is 5.92 Å². The predicted octanol–water partition coefficient (Wildman–Crippen LogP) is 4.41. The SMILES string of the molecule is O=C(C1CCN(Cc2cc3ccccc3n2Cc2cccc(Cl)c2)CC1)N1CCOCC1. The second kappa shape index (κ2) is 9.65. The molecule has 0 aliphatic carbocycles.